The number of aromatic nitrogens is 2. The van der Waals surface area contributed by atoms with Gasteiger partial charge in [0.2, 0.25) is 0 Å². The normalized spacial score (nSPS) is 12.9. The van der Waals surface area contributed by atoms with Gasteiger partial charge in [-0.1, -0.05) is 0 Å². The second-order valence-corrected chi connectivity index (χ2v) is 7.54. The topological polar surface area (TPSA) is 38.0 Å². The van der Waals surface area contributed by atoms with E-state index >= 15 is 0 Å². The number of aliphatic hydroxyl groups excluding tert-OH is 1. The van der Waals surface area contributed by atoms with Crippen LogP contribution in [0.3, 0.4) is 0 Å². The molecule has 2 aromatic rings. The van der Waals surface area contributed by atoms with E-state index in [0.29, 0.717) is 6.42 Å². The summed E-state index contributed by atoms with van der Waals surface area (Å²) in [5, 5.41) is 10.1. The first-order valence-electron chi connectivity index (χ1n) is 5.17. The van der Waals surface area contributed by atoms with E-state index in [0.717, 1.165) is 25.4 Å². The van der Waals surface area contributed by atoms with Crippen molar-refractivity contribution in [2.75, 3.05) is 0 Å². The monoisotopic (exact) mass is 378 g/mol. The Balaban J connectivity index is 2.00. The van der Waals surface area contributed by atoms with Crippen LogP contribution in [0.1, 0.15) is 23.9 Å². The lowest BCUT2D eigenvalue weighted by atomic mass is 10.1. The number of aliphatic hydroxyl groups is 1. The SMILES string of the molecule is Cn1ccnc1CCC(O)c1cc(Br)sc1Br. The van der Waals surface area contributed by atoms with Crippen LogP contribution in [0.5, 0.6) is 0 Å². The molecule has 0 bridgehead atoms. The minimum Gasteiger partial charge on any atom is -0.388 e. The van der Waals surface area contributed by atoms with E-state index in [2.05, 4.69) is 36.8 Å². The molecule has 0 fully saturated rings. The molecule has 2 aromatic heterocycles. The van der Waals surface area contributed by atoms with Crippen LogP contribution in [0.15, 0.2) is 26.0 Å². The fourth-order valence-electron chi connectivity index (χ4n) is 1.64. The predicted molar refractivity (Wildman–Crippen MR) is 76.2 cm³/mol. The first kappa shape index (κ1) is 13.3. The summed E-state index contributed by atoms with van der Waals surface area (Å²) >= 11 is 8.45. The number of imidazole rings is 1. The van der Waals surface area contributed by atoms with E-state index in [1.807, 2.05) is 23.9 Å². The van der Waals surface area contributed by atoms with Gasteiger partial charge in [0.15, 0.2) is 0 Å². The smallest absolute Gasteiger partial charge is 0.108 e. The number of hydrogen-bond donors (Lipinski definition) is 1. The van der Waals surface area contributed by atoms with Gasteiger partial charge >= 0.3 is 0 Å². The average Bonchev–Trinajstić information content (AvgIpc) is 2.81. The molecule has 1 atom stereocenters. The summed E-state index contributed by atoms with van der Waals surface area (Å²) in [6.45, 7) is 0. The van der Waals surface area contributed by atoms with Crippen LogP contribution in [0.25, 0.3) is 0 Å². The van der Waals surface area contributed by atoms with E-state index in [-0.39, 0.29) is 0 Å². The third-order valence-electron chi connectivity index (χ3n) is 2.60. The second kappa shape index (κ2) is 5.65. The number of nitrogens with zero attached hydrogens (tertiary/aromatic N) is 2. The van der Waals surface area contributed by atoms with E-state index in [4.69, 9.17) is 0 Å². The zero-order valence-corrected chi connectivity index (χ0v) is 13.2. The van der Waals surface area contributed by atoms with Crippen molar-refractivity contribution in [3.63, 3.8) is 0 Å². The molecule has 0 aromatic carbocycles. The molecule has 17 heavy (non-hydrogen) atoms. The molecule has 0 saturated heterocycles. The molecule has 2 rings (SSSR count). The maximum absolute atomic E-state index is 10.1. The van der Waals surface area contributed by atoms with Gasteiger partial charge in [-0.15, -0.1) is 11.3 Å². The molecule has 0 amide bonds. The van der Waals surface area contributed by atoms with E-state index < -0.39 is 6.10 Å². The Hall–Kier alpha value is -0.170. The summed E-state index contributed by atoms with van der Waals surface area (Å²) in [4.78, 5) is 4.24. The summed E-state index contributed by atoms with van der Waals surface area (Å²) in [5.41, 5.74) is 0.941. The molecule has 92 valence electrons. The van der Waals surface area contributed by atoms with Crippen molar-refractivity contribution in [3.8, 4) is 0 Å². The highest BCUT2D eigenvalue weighted by Crippen LogP contribution is 2.36. The van der Waals surface area contributed by atoms with E-state index in [9.17, 15) is 5.11 Å². The van der Waals surface area contributed by atoms with Gasteiger partial charge in [-0.3, -0.25) is 0 Å². The molecule has 6 heteroatoms. The lowest BCUT2D eigenvalue weighted by Gasteiger charge is -2.09. The van der Waals surface area contributed by atoms with Crippen LogP contribution < -0.4 is 0 Å². The standard InChI is InChI=1S/C11H12Br2N2OS/c1-15-5-4-14-10(15)3-2-8(16)7-6-9(12)17-11(7)13/h4-6,8,16H,2-3H2,1H3. The Morgan fingerprint density at radius 2 is 2.29 bits per heavy atom. The highest BCUT2D eigenvalue weighted by atomic mass is 79.9. The van der Waals surface area contributed by atoms with E-state index in [1.165, 1.54) is 0 Å². The van der Waals surface area contributed by atoms with Gasteiger partial charge in [0.1, 0.15) is 5.82 Å². The van der Waals surface area contributed by atoms with Crippen LogP contribution >= 0.6 is 43.2 Å². The Labute approximate surface area is 121 Å². The molecular formula is C11H12Br2N2OS. The van der Waals surface area contributed by atoms with Gasteiger partial charge in [-0.25, -0.2) is 4.98 Å². The largest absolute Gasteiger partial charge is 0.388 e. The molecule has 0 aliphatic heterocycles. The van der Waals surface area contributed by atoms with Crippen molar-refractivity contribution >= 4 is 43.2 Å². The molecule has 0 spiro atoms. The molecule has 0 saturated carbocycles. The van der Waals surface area contributed by atoms with Crippen LogP contribution in [0.2, 0.25) is 0 Å². The quantitative estimate of drug-likeness (QED) is 0.879. The fourth-order valence-corrected chi connectivity index (χ4v) is 4.59. The third kappa shape index (κ3) is 3.19. The number of hydrogen-bond acceptors (Lipinski definition) is 3. The maximum atomic E-state index is 10.1. The summed E-state index contributed by atoms with van der Waals surface area (Å²) in [6.07, 6.45) is 4.68. The van der Waals surface area contributed by atoms with Gasteiger partial charge in [-0.05, 0) is 44.3 Å². The van der Waals surface area contributed by atoms with E-state index in [1.54, 1.807) is 17.5 Å². The van der Waals surface area contributed by atoms with Crippen molar-refractivity contribution in [2.24, 2.45) is 7.05 Å². The van der Waals surface area contributed by atoms with Gasteiger partial charge in [0, 0.05) is 31.4 Å². The van der Waals surface area contributed by atoms with Gasteiger partial charge < -0.3 is 9.67 Å². The molecule has 1 unspecified atom stereocenters. The number of aryl methyl sites for hydroxylation is 2. The first-order chi connectivity index (χ1) is 8.08. The lowest BCUT2D eigenvalue weighted by molar-refractivity contribution is 0.166. The maximum Gasteiger partial charge on any atom is 0.108 e. The summed E-state index contributed by atoms with van der Waals surface area (Å²) in [5.74, 6) is 0.995. The zero-order chi connectivity index (χ0) is 12.4. The van der Waals surface area contributed by atoms with Crippen LogP contribution in [-0.2, 0) is 13.5 Å². The Kier molecular flexibility index (Phi) is 4.41. The van der Waals surface area contributed by atoms with Crippen molar-refractivity contribution < 1.29 is 5.11 Å². The first-order valence-corrected chi connectivity index (χ1v) is 7.57. The number of thiophene rings is 1. The Bertz CT molecular complexity index is 509. The van der Waals surface area contributed by atoms with Crippen LogP contribution in [-0.4, -0.2) is 14.7 Å². The highest BCUT2D eigenvalue weighted by Gasteiger charge is 2.15. The predicted octanol–water partition coefficient (Wildman–Crippen LogP) is 3.67. The average molecular weight is 380 g/mol. The highest BCUT2D eigenvalue weighted by molar-refractivity contribution is 9.12. The second-order valence-electron chi connectivity index (χ2n) is 3.79. The molecule has 0 aliphatic carbocycles. The minimum absolute atomic E-state index is 0.455. The molecule has 0 radical (unpaired) electrons. The van der Waals surface area contributed by atoms with Crippen molar-refractivity contribution in [3.05, 3.63) is 37.4 Å². The summed E-state index contributed by atoms with van der Waals surface area (Å²) in [6, 6.07) is 1.96. The molecular weight excluding hydrogens is 368 g/mol. The molecule has 2 heterocycles. The third-order valence-corrected chi connectivity index (χ3v) is 4.99. The van der Waals surface area contributed by atoms with Crippen molar-refractivity contribution in [1.82, 2.24) is 9.55 Å². The number of rotatable bonds is 4. The molecule has 1 N–H and O–H groups in total. The van der Waals surface area contributed by atoms with Crippen LogP contribution in [0, 0.1) is 0 Å². The molecule has 0 aliphatic rings. The van der Waals surface area contributed by atoms with Crippen molar-refractivity contribution in [1.29, 1.82) is 0 Å². The molecule has 3 nitrogen and oxygen atoms in total. The van der Waals surface area contributed by atoms with Gasteiger partial charge in [0.25, 0.3) is 0 Å². The number of halogens is 2. The Morgan fingerprint density at radius 3 is 2.82 bits per heavy atom. The summed E-state index contributed by atoms with van der Waals surface area (Å²) in [7, 11) is 1.96. The lowest BCUT2D eigenvalue weighted by Crippen LogP contribution is -2.03. The van der Waals surface area contributed by atoms with Gasteiger partial charge in [-0.2, -0.15) is 0 Å². The summed E-state index contributed by atoms with van der Waals surface area (Å²) < 4.78 is 3.98. The minimum atomic E-state index is -0.455. The zero-order valence-electron chi connectivity index (χ0n) is 9.23. The fraction of sp³-hybridized carbons (Fsp3) is 0.364. The van der Waals surface area contributed by atoms with Crippen LogP contribution in [0.4, 0.5) is 0 Å². The van der Waals surface area contributed by atoms with Gasteiger partial charge in [0.05, 0.1) is 13.7 Å². The van der Waals surface area contributed by atoms with Crippen molar-refractivity contribution in [2.45, 2.75) is 18.9 Å². The Morgan fingerprint density at radius 1 is 1.53 bits per heavy atom.